The van der Waals surface area contributed by atoms with Crippen LogP contribution in [0.3, 0.4) is 0 Å². The van der Waals surface area contributed by atoms with Crippen LogP contribution in [0.1, 0.15) is 13.8 Å². The van der Waals surface area contributed by atoms with Gasteiger partial charge in [0.2, 0.25) is 5.91 Å². The maximum absolute atomic E-state index is 11.2. The van der Waals surface area contributed by atoms with Gasteiger partial charge in [0.15, 0.2) is 9.84 Å². The molecule has 14 heavy (non-hydrogen) atoms. The van der Waals surface area contributed by atoms with Crippen LogP contribution >= 0.6 is 0 Å². The van der Waals surface area contributed by atoms with E-state index < -0.39 is 21.0 Å². The van der Waals surface area contributed by atoms with Gasteiger partial charge in [-0.15, -0.1) is 0 Å². The highest BCUT2D eigenvalue weighted by molar-refractivity contribution is 7.92. The molecule has 0 unspecified atom stereocenters. The van der Waals surface area contributed by atoms with Crippen molar-refractivity contribution in [3.8, 4) is 0 Å². The summed E-state index contributed by atoms with van der Waals surface area (Å²) < 4.78 is 22.5. The molecule has 0 aromatic rings. The Labute approximate surface area is 83.7 Å². The van der Waals surface area contributed by atoms with Crippen molar-refractivity contribution < 1.29 is 18.0 Å². The minimum absolute atomic E-state index is 0.0244. The van der Waals surface area contributed by atoms with Crippen LogP contribution in [-0.4, -0.2) is 38.5 Å². The Bertz CT molecular complexity index is 273. The second-order valence-electron chi connectivity index (χ2n) is 3.07. The largest absolute Gasteiger partial charge is 0.368 e. The number of nitrogens with two attached hydrogens (primary N) is 1. The fourth-order valence-electron chi connectivity index (χ4n) is 0.614. The third-order valence-corrected chi connectivity index (χ3v) is 3.73. The van der Waals surface area contributed by atoms with Gasteiger partial charge in [-0.3, -0.25) is 9.63 Å². The lowest BCUT2D eigenvalue weighted by Crippen LogP contribution is -2.30. The lowest BCUT2D eigenvalue weighted by Gasteiger charge is -2.07. The third-order valence-electron chi connectivity index (χ3n) is 1.52. The zero-order valence-electron chi connectivity index (χ0n) is 8.32. The third kappa shape index (κ3) is 5.90. The van der Waals surface area contributed by atoms with Crippen molar-refractivity contribution in [2.45, 2.75) is 19.1 Å². The number of sulfone groups is 1. The molecule has 0 aromatic carbocycles. The summed E-state index contributed by atoms with van der Waals surface area (Å²) in [7, 11) is -3.06. The lowest BCUT2D eigenvalue weighted by atomic mass is 10.6. The molecule has 0 saturated heterocycles. The van der Waals surface area contributed by atoms with Crippen LogP contribution in [0, 0.1) is 0 Å². The van der Waals surface area contributed by atoms with E-state index in [9.17, 15) is 13.2 Å². The fourth-order valence-corrected chi connectivity index (χ4v) is 1.45. The smallest absolute Gasteiger partial charge is 0.245 e. The molecule has 0 fully saturated rings. The molecule has 1 amide bonds. The van der Waals surface area contributed by atoms with E-state index in [2.05, 4.69) is 10.3 Å². The molecule has 0 aliphatic rings. The van der Waals surface area contributed by atoms with Crippen molar-refractivity contribution in [3.63, 3.8) is 0 Å². The van der Waals surface area contributed by atoms with E-state index in [0.717, 1.165) is 0 Å². The van der Waals surface area contributed by atoms with E-state index in [1.165, 1.54) is 0 Å². The second kappa shape index (κ2) is 5.94. The Morgan fingerprint density at radius 2 is 2.07 bits per heavy atom. The van der Waals surface area contributed by atoms with Crippen LogP contribution in [0.2, 0.25) is 0 Å². The van der Waals surface area contributed by atoms with E-state index in [1.54, 1.807) is 13.8 Å². The van der Waals surface area contributed by atoms with Gasteiger partial charge in [0, 0.05) is 6.54 Å². The normalized spacial score (nSPS) is 11.9. The second-order valence-corrected chi connectivity index (χ2v) is 5.74. The Morgan fingerprint density at radius 1 is 1.50 bits per heavy atom. The molecule has 0 aliphatic heterocycles. The fraction of sp³-hybridized carbons (Fsp3) is 0.857. The minimum atomic E-state index is -3.06. The quantitative estimate of drug-likeness (QED) is 0.419. The lowest BCUT2D eigenvalue weighted by molar-refractivity contribution is -0.125. The Hall–Kier alpha value is -0.660. The maximum atomic E-state index is 11.2. The summed E-state index contributed by atoms with van der Waals surface area (Å²) in [5.74, 6) is -0.632. The van der Waals surface area contributed by atoms with Gasteiger partial charge in [-0.05, 0) is 13.8 Å². The molecular formula is C7H16N2O4S. The van der Waals surface area contributed by atoms with Gasteiger partial charge in [-0.1, -0.05) is 0 Å². The van der Waals surface area contributed by atoms with Crippen molar-refractivity contribution in [2.75, 3.05) is 18.9 Å². The molecule has 6 nitrogen and oxygen atoms in total. The molecule has 7 heteroatoms. The van der Waals surface area contributed by atoms with Crippen molar-refractivity contribution >= 4 is 15.7 Å². The summed E-state index contributed by atoms with van der Waals surface area (Å²) in [6, 6.07) is 0. The Kier molecular flexibility index (Phi) is 5.66. The standard InChI is InChI=1S/C7H16N2O4S/c1-6(2)14(11,12)4-3-9-13-5-7(8)10/h6,9H,3-5H2,1-2H3,(H2,8,10). The summed E-state index contributed by atoms with van der Waals surface area (Å²) in [6.45, 7) is 3.11. The molecular weight excluding hydrogens is 208 g/mol. The molecule has 0 radical (unpaired) electrons. The van der Waals surface area contributed by atoms with Crippen molar-refractivity contribution in [1.82, 2.24) is 5.48 Å². The monoisotopic (exact) mass is 224 g/mol. The minimum Gasteiger partial charge on any atom is -0.368 e. The van der Waals surface area contributed by atoms with E-state index >= 15 is 0 Å². The van der Waals surface area contributed by atoms with Crippen molar-refractivity contribution in [1.29, 1.82) is 0 Å². The van der Waals surface area contributed by atoms with Crippen LogP contribution in [0.5, 0.6) is 0 Å². The summed E-state index contributed by atoms with van der Waals surface area (Å²) >= 11 is 0. The highest BCUT2D eigenvalue weighted by Gasteiger charge is 2.14. The zero-order valence-corrected chi connectivity index (χ0v) is 9.13. The Balaban J connectivity index is 3.60. The highest BCUT2D eigenvalue weighted by atomic mass is 32.2. The van der Waals surface area contributed by atoms with Crippen molar-refractivity contribution in [3.05, 3.63) is 0 Å². The molecule has 0 bridgehead atoms. The number of carbonyl (C=O) groups excluding carboxylic acids is 1. The van der Waals surface area contributed by atoms with E-state index in [1.807, 2.05) is 0 Å². The topological polar surface area (TPSA) is 98.5 Å². The first-order valence-electron chi connectivity index (χ1n) is 4.21. The predicted molar refractivity (Wildman–Crippen MR) is 52.1 cm³/mol. The van der Waals surface area contributed by atoms with E-state index in [0.29, 0.717) is 0 Å². The molecule has 0 saturated carbocycles. The number of carbonyl (C=O) groups is 1. The Morgan fingerprint density at radius 3 is 2.50 bits per heavy atom. The van der Waals surface area contributed by atoms with Crippen LogP contribution in [0.4, 0.5) is 0 Å². The van der Waals surface area contributed by atoms with Gasteiger partial charge in [0.25, 0.3) is 0 Å². The molecule has 0 spiro atoms. The van der Waals surface area contributed by atoms with E-state index in [-0.39, 0.29) is 18.9 Å². The molecule has 0 heterocycles. The number of nitrogens with one attached hydrogen (secondary N) is 1. The predicted octanol–water partition coefficient (Wildman–Crippen LogP) is -1.18. The summed E-state index contributed by atoms with van der Waals surface area (Å²) in [4.78, 5) is 14.8. The number of amides is 1. The molecule has 84 valence electrons. The number of hydrogen-bond donors (Lipinski definition) is 2. The average molecular weight is 224 g/mol. The van der Waals surface area contributed by atoms with E-state index in [4.69, 9.17) is 5.73 Å². The van der Waals surface area contributed by atoms with Crippen LogP contribution in [0.25, 0.3) is 0 Å². The molecule has 3 N–H and O–H groups in total. The number of hydrogen-bond acceptors (Lipinski definition) is 5. The summed E-state index contributed by atoms with van der Waals surface area (Å²) in [6.07, 6.45) is 0. The van der Waals surface area contributed by atoms with Gasteiger partial charge in [0.05, 0.1) is 11.0 Å². The molecule has 0 atom stereocenters. The first-order valence-corrected chi connectivity index (χ1v) is 5.92. The van der Waals surface area contributed by atoms with Gasteiger partial charge in [-0.25, -0.2) is 13.9 Å². The zero-order chi connectivity index (χ0) is 11.2. The first kappa shape index (κ1) is 13.3. The number of hydroxylamine groups is 1. The van der Waals surface area contributed by atoms with Gasteiger partial charge < -0.3 is 5.73 Å². The molecule has 0 aliphatic carbocycles. The summed E-state index contributed by atoms with van der Waals surface area (Å²) in [5.41, 5.74) is 7.13. The summed E-state index contributed by atoms with van der Waals surface area (Å²) in [5, 5.41) is -0.402. The highest BCUT2D eigenvalue weighted by Crippen LogP contribution is 1.98. The number of rotatable bonds is 7. The van der Waals surface area contributed by atoms with Crippen LogP contribution < -0.4 is 11.2 Å². The molecule has 0 aromatic heterocycles. The van der Waals surface area contributed by atoms with Crippen molar-refractivity contribution in [2.24, 2.45) is 5.73 Å². The average Bonchev–Trinajstić information content (AvgIpc) is 2.02. The maximum Gasteiger partial charge on any atom is 0.245 e. The van der Waals surface area contributed by atoms with Gasteiger partial charge in [0.1, 0.15) is 6.61 Å². The molecule has 0 rings (SSSR count). The van der Waals surface area contributed by atoms with Gasteiger partial charge in [-0.2, -0.15) is 0 Å². The SMILES string of the molecule is CC(C)S(=O)(=O)CCNOCC(N)=O. The van der Waals surface area contributed by atoms with Crippen LogP contribution in [-0.2, 0) is 19.5 Å². The first-order chi connectivity index (χ1) is 6.36. The number of primary amides is 1. The van der Waals surface area contributed by atoms with Crippen LogP contribution in [0.15, 0.2) is 0 Å². The van der Waals surface area contributed by atoms with Gasteiger partial charge >= 0.3 is 0 Å².